The molecule has 0 radical (unpaired) electrons. The van der Waals surface area contributed by atoms with Gasteiger partial charge in [-0.15, -0.1) is 0 Å². The van der Waals surface area contributed by atoms with Crippen LogP contribution in [0.25, 0.3) is 0 Å². The SMILES string of the molecule is O=C1CCC(N2CCN(Cc3ccc4c(c3)OCO4)CC2)CCN1Cc1ccccc1Cl. The third-order valence-electron chi connectivity index (χ3n) is 6.86. The lowest BCUT2D eigenvalue weighted by Gasteiger charge is -2.39. The molecule has 0 spiro atoms. The van der Waals surface area contributed by atoms with Gasteiger partial charge in [-0.05, 0) is 42.2 Å². The Balaban J connectivity index is 1.12. The zero-order valence-electron chi connectivity index (χ0n) is 18.3. The van der Waals surface area contributed by atoms with Crippen LogP contribution in [0.2, 0.25) is 5.02 Å². The number of hydrogen-bond donors (Lipinski definition) is 0. The molecule has 3 aliphatic heterocycles. The summed E-state index contributed by atoms with van der Waals surface area (Å²) < 4.78 is 10.9. The van der Waals surface area contributed by atoms with Gasteiger partial charge >= 0.3 is 0 Å². The van der Waals surface area contributed by atoms with Gasteiger partial charge in [0.25, 0.3) is 0 Å². The van der Waals surface area contributed by atoms with Crippen molar-refractivity contribution in [3.63, 3.8) is 0 Å². The molecule has 2 saturated heterocycles. The summed E-state index contributed by atoms with van der Waals surface area (Å²) in [6, 6.07) is 14.5. The second-order valence-corrected chi connectivity index (χ2v) is 9.29. The lowest BCUT2D eigenvalue weighted by Crippen LogP contribution is -2.50. The van der Waals surface area contributed by atoms with E-state index in [2.05, 4.69) is 21.9 Å². The summed E-state index contributed by atoms with van der Waals surface area (Å²) in [4.78, 5) is 19.8. The van der Waals surface area contributed by atoms with Crippen molar-refractivity contribution in [1.29, 1.82) is 0 Å². The van der Waals surface area contributed by atoms with E-state index in [4.69, 9.17) is 21.1 Å². The van der Waals surface area contributed by atoms with Crippen molar-refractivity contribution >= 4 is 17.5 Å². The highest BCUT2D eigenvalue weighted by atomic mass is 35.5. The van der Waals surface area contributed by atoms with Crippen molar-refractivity contribution in [3.8, 4) is 11.5 Å². The summed E-state index contributed by atoms with van der Waals surface area (Å²) in [5.74, 6) is 1.93. The van der Waals surface area contributed by atoms with Gasteiger partial charge in [0.1, 0.15) is 0 Å². The van der Waals surface area contributed by atoms with Crippen LogP contribution in [-0.2, 0) is 17.9 Å². The van der Waals surface area contributed by atoms with E-state index in [-0.39, 0.29) is 5.91 Å². The normalized spacial score (nSPS) is 22.2. The van der Waals surface area contributed by atoms with Crippen molar-refractivity contribution in [2.45, 2.75) is 38.4 Å². The number of benzene rings is 2. The minimum Gasteiger partial charge on any atom is -0.454 e. The van der Waals surface area contributed by atoms with E-state index in [1.165, 1.54) is 5.56 Å². The first-order valence-corrected chi connectivity index (χ1v) is 11.9. The molecule has 0 N–H and O–H groups in total. The number of halogens is 1. The number of piperazine rings is 1. The molecule has 2 fully saturated rings. The number of nitrogens with zero attached hydrogens (tertiary/aromatic N) is 3. The molecule has 1 atom stereocenters. The van der Waals surface area contributed by atoms with Crippen molar-refractivity contribution in [1.82, 2.24) is 14.7 Å². The van der Waals surface area contributed by atoms with Crippen molar-refractivity contribution in [3.05, 3.63) is 58.6 Å². The van der Waals surface area contributed by atoms with E-state index < -0.39 is 0 Å². The molecule has 3 heterocycles. The molecule has 0 aromatic heterocycles. The molecule has 2 aromatic rings. The highest BCUT2D eigenvalue weighted by molar-refractivity contribution is 6.31. The number of fused-ring (bicyclic) bond motifs is 1. The van der Waals surface area contributed by atoms with Crippen molar-refractivity contribution < 1.29 is 14.3 Å². The summed E-state index contributed by atoms with van der Waals surface area (Å²) in [6.45, 7) is 6.84. The Bertz CT molecular complexity index is 961. The smallest absolute Gasteiger partial charge is 0.231 e. The quantitative estimate of drug-likeness (QED) is 0.686. The number of hydrogen-bond acceptors (Lipinski definition) is 5. The molecule has 7 heteroatoms. The number of ether oxygens (including phenoxy) is 2. The van der Waals surface area contributed by atoms with Crippen LogP contribution in [0.4, 0.5) is 0 Å². The van der Waals surface area contributed by atoms with Gasteiger partial charge in [0.15, 0.2) is 11.5 Å². The Labute approximate surface area is 194 Å². The van der Waals surface area contributed by atoms with Crippen LogP contribution in [-0.4, -0.2) is 66.2 Å². The molecule has 0 bridgehead atoms. The highest BCUT2D eigenvalue weighted by Crippen LogP contribution is 2.33. The summed E-state index contributed by atoms with van der Waals surface area (Å²) >= 11 is 6.32. The van der Waals surface area contributed by atoms with Gasteiger partial charge in [0.05, 0.1) is 0 Å². The Morgan fingerprint density at radius 2 is 1.72 bits per heavy atom. The van der Waals surface area contributed by atoms with E-state index in [9.17, 15) is 4.79 Å². The maximum atomic E-state index is 12.7. The van der Waals surface area contributed by atoms with Crippen LogP contribution in [0, 0.1) is 0 Å². The van der Waals surface area contributed by atoms with Gasteiger partial charge in [-0.3, -0.25) is 14.6 Å². The molecule has 0 aliphatic carbocycles. The highest BCUT2D eigenvalue weighted by Gasteiger charge is 2.29. The van der Waals surface area contributed by atoms with Crippen LogP contribution >= 0.6 is 11.6 Å². The number of carbonyl (C=O) groups is 1. The fourth-order valence-corrected chi connectivity index (χ4v) is 5.17. The molecule has 1 amide bonds. The average Bonchev–Trinajstić information content (AvgIpc) is 3.20. The first-order valence-electron chi connectivity index (χ1n) is 11.5. The number of carbonyl (C=O) groups excluding carboxylic acids is 1. The lowest BCUT2D eigenvalue weighted by molar-refractivity contribution is -0.131. The van der Waals surface area contributed by atoms with Gasteiger partial charge in [-0.25, -0.2) is 0 Å². The molecule has 170 valence electrons. The van der Waals surface area contributed by atoms with Crippen LogP contribution in [0.5, 0.6) is 11.5 Å². The Morgan fingerprint density at radius 1 is 0.906 bits per heavy atom. The Kier molecular flexibility index (Phi) is 6.53. The second kappa shape index (κ2) is 9.69. The molecule has 5 rings (SSSR count). The molecular weight excluding hydrogens is 426 g/mol. The van der Waals surface area contributed by atoms with Crippen molar-refractivity contribution in [2.24, 2.45) is 0 Å². The summed E-state index contributed by atoms with van der Waals surface area (Å²) in [5.41, 5.74) is 2.29. The van der Waals surface area contributed by atoms with Gasteiger partial charge in [-0.2, -0.15) is 0 Å². The van der Waals surface area contributed by atoms with E-state index in [1.807, 2.05) is 35.2 Å². The van der Waals surface area contributed by atoms with Gasteiger partial charge in [-0.1, -0.05) is 35.9 Å². The molecule has 6 nitrogen and oxygen atoms in total. The average molecular weight is 456 g/mol. The van der Waals surface area contributed by atoms with E-state index in [0.717, 1.165) is 74.2 Å². The number of amides is 1. The molecule has 2 aromatic carbocycles. The van der Waals surface area contributed by atoms with Crippen LogP contribution in [0.1, 0.15) is 30.4 Å². The minimum atomic E-state index is 0.244. The molecule has 32 heavy (non-hydrogen) atoms. The van der Waals surface area contributed by atoms with Crippen LogP contribution in [0.15, 0.2) is 42.5 Å². The molecular formula is C25H30ClN3O3. The predicted molar refractivity (Wildman–Crippen MR) is 124 cm³/mol. The zero-order valence-corrected chi connectivity index (χ0v) is 19.1. The molecule has 0 saturated carbocycles. The van der Waals surface area contributed by atoms with Crippen LogP contribution < -0.4 is 9.47 Å². The largest absolute Gasteiger partial charge is 0.454 e. The van der Waals surface area contributed by atoms with Gasteiger partial charge in [0.2, 0.25) is 12.7 Å². The number of rotatable bonds is 5. The Hall–Kier alpha value is -2.28. The fourth-order valence-electron chi connectivity index (χ4n) is 4.97. The predicted octanol–water partition coefficient (Wildman–Crippen LogP) is 3.77. The van der Waals surface area contributed by atoms with E-state index >= 15 is 0 Å². The van der Waals surface area contributed by atoms with E-state index in [0.29, 0.717) is 25.8 Å². The van der Waals surface area contributed by atoms with Gasteiger partial charge < -0.3 is 14.4 Å². The van der Waals surface area contributed by atoms with E-state index in [1.54, 1.807) is 0 Å². The van der Waals surface area contributed by atoms with Crippen LogP contribution in [0.3, 0.4) is 0 Å². The standard InChI is InChI=1S/C25H30ClN3O3/c26-22-4-2-1-3-20(22)17-29-10-9-21(6-8-25(29)30)28-13-11-27(12-14-28)16-19-5-7-23-24(15-19)32-18-31-23/h1-5,7,15,21H,6,8-14,16-18H2. The second-order valence-electron chi connectivity index (χ2n) is 8.89. The topological polar surface area (TPSA) is 45.3 Å². The molecule has 1 unspecified atom stereocenters. The fraction of sp³-hybridized carbons (Fsp3) is 0.480. The minimum absolute atomic E-state index is 0.244. The molecule has 3 aliphatic rings. The lowest BCUT2D eigenvalue weighted by atomic mass is 10.1. The van der Waals surface area contributed by atoms with Crippen molar-refractivity contribution in [2.75, 3.05) is 39.5 Å². The monoisotopic (exact) mass is 455 g/mol. The Morgan fingerprint density at radius 3 is 2.56 bits per heavy atom. The summed E-state index contributed by atoms with van der Waals surface area (Å²) in [5, 5.41) is 0.736. The first-order chi connectivity index (χ1) is 15.7. The van der Waals surface area contributed by atoms with Gasteiger partial charge in [0, 0.05) is 63.3 Å². The summed E-state index contributed by atoms with van der Waals surface area (Å²) in [7, 11) is 0. The maximum Gasteiger partial charge on any atom is 0.231 e. The maximum absolute atomic E-state index is 12.7. The summed E-state index contributed by atoms with van der Waals surface area (Å²) in [6.07, 6.45) is 2.59. The third-order valence-corrected chi connectivity index (χ3v) is 7.23. The zero-order chi connectivity index (χ0) is 21.9. The number of likely N-dealkylation sites (tertiary alicyclic amines) is 1. The first kappa shape index (κ1) is 21.6. The third kappa shape index (κ3) is 4.87.